The Hall–Kier alpha value is -0.676. The first-order valence-electron chi connectivity index (χ1n) is 13.4. The fraction of sp³-hybridized carbons (Fsp3) is 0.828. The van der Waals surface area contributed by atoms with E-state index < -0.39 is 16.6 Å². The number of rotatable bonds is 10. The van der Waals surface area contributed by atoms with Crippen molar-refractivity contribution >= 4 is 22.4 Å². The largest absolute Gasteiger partial charge is 0.413 e. The van der Waals surface area contributed by atoms with Gasteiger partial charge < -0.3 is 8.85 Å². The smallest absolute Gasteiger partial charge is 0.192 e. The summed E-state index contributed by atoms with van der Waals surface area (Å²) in [7, 11) is -3.91. The minimum Gasteiger partial charge on any atom is -0.413 e. The zero-order chi connectivity index (χ0) is 26.5. The average Bonchev–Trinajstić information content (AvgIpc) is 2.92. The van der Waals surface area contributed by atoms with Crippen LogP contribution < -0.4 is 0 Å². The molecule has 1 saturated carbocycles. The Balaban J connectivity index is 3.09. The van der Waals surface area contributed by atoms with Crippen LogP contribution in [-0.2, 0) is 13.6 Å². The first-order valence-corrected chi connectivity index (χ1v) is 19.2. The highest BCUT2D eigenvalue weighted by Crippen LogP contribution is 2.41. The van der Waals surface area contributed by atoms with Crippen molar-refractivity contribution in [1.29, 1.82) is 0 Å². The van der Waals surface area contributed by atoms with Crippen molar-refractivity contribution in [3.05, 3.63) is 12.2 Å². The number of ketones is 1. The minimum atomic E-state index is -2.00. The molecule has 0 N–H and O–H groups in total. The molecule has 34 heavy (non-hydrogen) atoms. The molecular formula is C29H54O3Si2. The van der Waals surface area contributed by atoms with Crippen molar-refractivity contribution < 1.29 is 13.6 Å². The van der Waals surface area contributed by atoms with Crippen LogP contribution in [0, 0.1) is 23.7 Å². The molecule has 1 rings (SSSR count). The second-order valence-corrected chi connectivity index (χ2v) is 23.0. The number of carbonyl (C=O) groups excluding carboxylic acids is 1. The van der Waals surface area contributed by atoms with Crippen LogP contribution in [-0.4, -0.2) is 34.6 Å². The monoisotopic (exact) mass is 506 g/mol. The van der Waals surface area contributed by atoms with Gasteiger partial charge in [0, 0.05) is 18.4 Å². The molecule has 0 amide bonds. The van der Waals surface area contributed by atoms with E-state index in [0.29, 0.717) is 24.3 Å². The van der Waals surface area contributed by atoms with E-state index in [2.05, 4.69) is 100.0 Å². The van der Waals surface area contributed by atoms with Crippen LogP contribution in [0.15, 0.2) is 12.2 Å². The van der Waals surface area contributed by atoms with Crippen LogP contribution in [0.3, 0.4) is 0 Å². The van der Waals surface area contributed by atoms with E-state index in [1.165, 1.54) is 25.7 Å². The molecule has 0 radical (unpaired) electrons. The molecule has 0 unspecified atom stereocenters. The second kappa shape index (κ2) is 12.0. The van der Waals surface area contributed by atoms with Gasteiger partial charge in [-0.25, -0.2) is 0 Å². The summed E-state index contributed by atoms with van der Waals surface area (Å²) in [5.74, 6) is 7.23. The quantitative estimate of drug-likeness (QED) is 0.129. The molecule has 0 saturated heterocycles. The van der Waals surface area contributed by atoms with Gasteiger partial charge in [-0.3, -0.25) is 4.79 Å². The van der Waals surface area contributed by atoms with Gasteiger partial charge in [-0.2, -0.15) is 0 Å². The van der Waals surface area contributed by atoms with Crippen molar-refractivity contribution in [2.45, 2.75) is 142 Å². The Morgan fingerprint density at radius 1 is 1.03 bits per heavy atom. The number of unbranched alkanes of at least 4 members (excludes halogenated alkanes) is 2. The van der Waals surface area contributed by atoms with Crippen molar-refractivity contribution in [3.8, 4) is 11.8 Å². The molecule has 0 bridgehead atoms. The van der Waals surface area contributed by atoms with Gasteiger partial charge in [-0.05, 0) is 48.6 Å². The van der Waals surface area contributed by atoms with Crippen molar-refractivity contribution in [3.63, 3.8) is 0 Å². The molecule has 0 aliphatic heterocycles. The van der Waals surface area contributed by atoms with E-state index in [-0.39, 0.29) is 34.0 Å². The molecule has 196 valence electrons. The second-order valence-electron chi connectivity index (χ2n) is 13.5. The lowest BCUT2D eigenvalue weighted by Gasteiger charge is -2.40. The van der Waals surface area contributed by atoms with Crippen molar-refractivity contribution in [2.75, 3.05) is 0 Å². The van der Waals surface area contributed by atoms with Crippen LogP contribution in [0.2, 0.25) is 36.3 Å². The Morgan fingerprint density at radius 2 is 1.59 bits per heavy atom. The number of carbonyl (C=O) groups is 1. The van der Waals surface area contributed by atoms with E-state index >= 15 is 0 Å². The summed E-state index contributed by atoms with van der Waals surface area (Å²) in [4.78, 5) is 12.5. The van der Waals surface area contributed by atoms with Crippen LogP contribution in [0.1, 0.15) is 93.9 Å². The summed E-state index contributed by atoms with van der Waals surface area (Å²) in [5.41, 5.74) is 0.620. The maximum absolute atomic E-state index is 12.5. The van der Waals surface area contributed by atoms with Crippen LogP contribution in [0.25, 0.3) is 0 Å². The topological polar surface area (TPSA) is 35.5 Å². The van der Waals surface area contributed by atoms with E-state index in [9.17, 15) is 4.79 Å². The molecular weight excluding hydrogens is 452 g/mol. The summed E-state index contributed by atoms with van der Waals surface area (Å²) in [5, 5.41) is 0.254. The molecule has 0 aromatic heterocycles. The summed E-state index contributed by atoms with van der Waals surface area (Å²) in [6, 6.07) is 0. The summed E-state index contributed by atoms with van der Waals surface area (Å²) in [6.07, 6.45) is 5.95. The Kier molecular flexibility index (Phi) is 11.1. The lowest BCUT2D eigenvalue weighted by Crippen LogP contribution is -2.45. The van der Waals surface area contributed by atoms with Crippen molar-refractivity contribution in [2.24, 2.45) is 11.8 Å². The van der Waals surface area contributed by atoms with Gasteiger partial charge in [0.05, 0.1) is 18.1 Å². The van der Waals surface area contributed by atoms with Gasteiger partial charge in [-0.1, -0.05) is 93.1 Å². The number of hydrogen-bond donors (Lipinski definition) is 0. The van der Waals surface area contributed by atoms with E-state index in [4.69, 9.17) is 8.85 Å². The Morgan fingerprint density at radius 3 is 2.09 bits per heavy atom. The van der Waals surface area contributed by atoms with Crippen molar-refractivity contribution in [1.82, 2.24) is 0 Å². The predicted octanol–water partition coefficient (Wildman–Crippen LogP) is 8.52. The first kappa shape index (κ1) is 31.4. The van der Waals surface area contributed by atoms with Gasteiger partial charge in [0.1, 0.15) is 0 Å². The fourth-order valence-electron chi connectivity index (χ4n) is 3.76. The normalized spacial score (nSPS) is 21.9. The molecule has 1 fully saturated rings. The predicted molar refractivity (Wildman–Crippen MR) is 152 cm³/mol. The molecule has 1 aliphatic carbocycles. The Bertz CT molecular complexity index is 759. The summed E-state index contributed by atoms with van der Waals surface area (Å²) >= 11 is 0. The van der Waals surface area contributed by atoms with Crippen LogP contribution >= 0.6 is 0 Å². The van der Waals surface area contributed by atoms with Gasteiger partial charge in [0.2, 0.25) is 0 Å². The molecule has 0 aromatic carbocycles. The van der Waals surface area contributed by atoms with Gasteiger partial charge in [0.25, 0.3) is 0 Å². The highest BCUT2D eigenvalue weighted by atomic mass is 28.4. The lowest BCUT2D eigenvalue weighted by atomic mass is 9.95. The molecule has 1 aliphatic rings. The highest BCUT2D eigenvalue weighted by Gasteiger charge is 2.45. The molecule has 5 heteroatoms. The van der Waals surface area contributed by atoms with E-state index in [1.54, 1.807) is 0 Å². The molecule has 4 atom stereocenters. The van der Waals surface area contributed by atoms with Crippen LogP contribution in [0.5, 0.6) is 0 Å². The third-order valence-electron chi connectivity index (χ3n) is 8.45. The van der Waals surface area contributed by atoms with E-state index in [1.807, 2.05) is 0 Å². The molecule has 0 spiro atoms. The summed E-state index contributed by atoms with van der Waals surface area (Å²) in [6.45, 7) is 31.4. The third kappa shape index (κ3) is 8.47. The first-order chi connectivity index (χ1) is 15.3. The van der Waals surface area contributed by atoms with Gasteiger partial charge in [-0.15, -0.1) is 0 Å². The number of hydrogen-bond acceptors (Lipinski definition) is 3. The average molecular weight is 507 g/mol. The maximum Gasteiger partial charge on any atom is 0.192 e. The summed E-state index contributed by atoms with van der Waals surface area (Å²) < 4.78 is 13.5. The molecule has 0 heterocycles. The van der Waals surface area contributed by atoms with E-state index in [0.717, 1.165) is 0 Å². The zero-order valence-electron chi connectivity index (χ0n) is 24.5. The van der Waals surface area contributed by atoms with Gasteiger partial charge >= 0.3 is 0 Å². The minimum absolute atomic E-state index is 0.0912. The Labute approximate surface area is 214 Å². The zero-order valence-corrected chi connectivity index (χ0v) is 26.5. The maximum atomic E-state index is 12.5. The lowest BCUT2D eigenvalue weighted by molar-refractivity contribution is -0.115. The molecule has 3 nitrogen and oxygen atoms in total. The van der Waals surface area contributed by atoms with Gasteiger partial charge in [0.15, 0.2) is 22.4 Å². The number of Topliss-reactive ketones (excluding diaryl/α,β-unsaturated/α-hetero) is 1. The fourth-order valence-corrected chi connectivity index (χ4v) is 6.52. The highest BCUT2D eigenvalue weighted by molar-refractivity contribution is 6.74. The third-order valence-corrected chi connectivity index (χ3v) is 17.5. The standard InChI is InChI=1S/C29H54O3Si2/c1-14-15-16-18-22(2)26(31-33(10,11)28(4,5)6)20-17-19-24-23(3)25(30)21-27(24)32-34(12,13)29(7,8)9/h22,24,26-27H,3,14-16,18,20-21H2,1-2,4-13H3/t22-,24-,26-,27-/m1/s1. The SMILES string of the molecule is C=C1C(=O)C[C@@H](O[Si](C)(C)C(C)(C)C)[C@@H]1C#CC[C@@H](O[Si](C)(C)C(C)(C)C)[C@H](C)CCCCC. The van der Waals surface area contributed by atoms with Crippen LogP contribution in [0.4, 0.5) is 0 Å². The molecule has 0 aromatic rings.